The van der Waals surface area contributed by atoms with Gasteiger partial charge >= 0.3 is 5.97 Å². The molecule has 0 spiro atoms. The number of aliphatic hydroxyl groups is 2. The molecule has 33 heavy (non-hydrogen) atoms. The smallest absolute Gasteiger partial charge is 0.334 e. The number of rotatable bonds is 2. The SMILES string of the molecule is CC1=C(C)C(=O)O[C@@H]([C@](C)(O)[C@H]2CC[C@]3(O)C4CC=C5C=CCC(=O)[C@]5(C)C4CC[C@]23C)C1. The minimum absolute atomic E-state index is 0.0148. The fourth-order valence-corrected chi connectivity index (χ4v) is 8.46. The first-order valence-electron chi connectivity index (χ1n) is 12.6. The maximum atomic E-state index is 13.1. The molecule has 8 atom stereocenters. The van der Waals surface area contributed by atoms with Gasteiger partial charge in [0.2, 0.25) is 0 Å². The second-order valence-electron chi connectivity index (χ2n) is 12.0. The van der Waals surface area contributed by atoms with Crippen LogP contribution >= 0.6 is 0 Å². The summed E-state index contributed by atoms with van der Waals surface area (Å²) in [6.07, 6.45) is 10.2. The van der Waals surface area contributed by atoms with Crippen LogP contribution in [0.15, 0.2) is 34.9 Å². The first-order valence-corrected chi connectivity index (χ1v) is 12.6. The topological polar surface area (TPSA) is 83.8 Å². The molecular weight excluding hydrogens is 416 g/mol. The Balaban J connectivity index is 1.49. The van der Waals surface area contributed by atoms with E-state index in [1.807, 2.05) is 13.0 Å². The Labute approximate surface area is 197 Å². The maximum Gasteiger partial charge on any atom is 0.334 e. The third kappa shape index (κ3) is 2.84. The highest BCUT2D eigenvalue weighted by Gasteiger charge is 2.70. The summed E-state index contributed by atoms with van der Waals surface area (Å²) in [6, 6.07) is 0. The van der Waals surface area contributed by atoms with Crippen molar-refractivity contribution in [3.05, 3.63) is 34.9 Å². The zero-order valence-electron chi connectivity index (χ0n) is 20.6. The van der Waals surface area contributed by atoms with Gasteiger partial charge in [0.05, 0.1) is 11.0 Å². The minimum Gasteiger partial charge on any atom is -0.456 e. The van der Waals surface area contributed by atoms with Crippen LogP contribution in [0.3, 0.4) is 0 Å². The van der Waals surface area contributed by atoms with Crippen LogP contribution in [-0.4, -0.2) is 39.3 Å². The Morgan fingerprint density at radius 2 is 1.85 bits per heavy atom. The molecular formula is C28H38O5. The molecule has 180 valence electrons. The molecule has 0 aromatic rings. The number of hydrogen-bond donors (Lipinski definition) is 2. The number of ketones is 1. The lowest BCUT2D eigenvalue weighted by atomic mass is 9.45. The fourth-order valence-electron chi connectivity index (χ4n) is 8.46. The monoisotopic (exact) mass is 454 g/mol. The molecule has 0 amide bonds. The third-order valence-corrected chi connectivity index (χ3v) is 10.8. The molecule has 5 heteroatoms. The molecule has 2 N–H and O–H groups in total. The summed E-state index contributed by atoms with van der Waals surface area (Å²) in [5.74, 6) is -0.199. The number of carbonyl (C=O) groups excluding carboxylic acids is 2. The van der Waals surface area contributed by atoms with E-state index in [1.54, 1.807) is 13.8 Å². The van der Waals surface area contributed by atoms with Crippen molar-refractivity contribution in [2.45, 2.75) is 96.9 Å². The van der Waals surface area contributed by atoms with E-state index in [4.69, 9.17) is 4.74 Å². The summed E-state index contributed by atoms with van der Waals surface area (Å²) in [6.45, 7) is 9.70. The Morgan fingerprint density at radius 1 is 1.12 bits per heavy atom. The normalized spacial score (nSPS) is 46.7. The van der Waals surface area contributed by atoms with Crippen LogP contribution in [0.2, 0.25) is 0 Å². The van der Waals surface area contributed by atoms with Crippen LogP contribution in [0.4, 0.5) is 0 Å². The van der Waals surface area contributed by atoms with Crippen molar-refractivity contribution in [3.63, 3.8) is 0 Å². The van der Waals surface area contributed by atoms with Crippen LogP contribution in [0, 0.1) is 28.6 Å². The number of hydrogen-bond acceptors (Lipinski definition) is 5. The van der Waals surface area contributed by atoms with E-state index >= 15 is 0 Å². The molecule has 0 radical (unpaired) electrons. The Kier molecular flexibility index (Phi) is 4.99. The van der Waals surface area contributed by atoms with Crippen molar-refractivity contribution in [2.24, 2.45) is 28.6 Å². The van der Waals surface area contributed by atoms with E-state index in [2.05, 4.69) is 26.0 Å². The van der Waals surface area contributed by atoms with Gasteiger partial charge in [-0.3, -0.25) is 4.79 Å². The second kappa shape index (κ2) is 7.14. The standard InChI is InChI=1S/C28H38O5/c1-16-15-23(33-24(30)17(16)2)27(5,31)21-12-14-28(32)20-10-9-18-7-6-8-22(29)26(18,4)19(20)11-13-25(21,28)3/h6-7,9,19-21,23,31-32H,8,10-15H2,1-5H3/t19?,20?,21-,23+,25+,26-,27+,28-/m0/s1. The van der Waals surface area contributed by atoms with Crippen molar-refractivity contribution in [2.75, 3.05) is 0 Å². The van der Waals surface area contributed by atoms with E-state index in [1.165, 1.54) is 0 Å². The number of Topliss-reactive ketones (excluding diaryl/α,β-unsaturated/α-hetero) is 1. The number of esters is 1. The summed E-state index contributed by atoms with van der Waals surface area (Å²) in [4.78, 5) is 25.5. The predicted molar refractivity (Wildman–Crippen MR) is 125 cm³/mol. The zero-order chi connectivity index (χ0) is 24.0. The van der Waals surface area contributed by atoms with Gasteiger partial charge in [0.1, 0.15) is 17.5 Å². The van der Waals surface area contributed by atoms with E-state index < -0.39 is 28.1 Å². The first kappa shape index (κ1) is 23.0. The highest BCUT2D eigenvalue weighted by atomic mass is 16.6. The average Bonchev–Trinajstić information content (AvgIpc) is 3.04. The van der Waals surface area contributed by atoms with Gasteiger partial charge in [-0.2, -0.15) is 0 Å². The van der Waals surface area contributed by atoms with Gasteiger partial charge in [0.15, 0.2) is 0 Å². The summed E-state index contributed by atoms with van der Waals surface area (Å²) in [7, 11) is 0. The van der Waals surface area contributed by atoms with Crippen molar-refractivity contribution in [1.29, 1.82) is 0 Å². The lowest BCUT2D eigenvalue weighted by molar-refractivity contribution is -0.214. The number of allylic oxidation sites excluding steroid dienone is 4. The average molecular weight is 455 g/mol. The molecule has 0 saturated heterocycles. The molecule has 1 aliphatic heterocycles. The number of ether oxygens (including phenoxy) is 1. The molecule has 0 aromatic heterocycles. The van der Waals surface area contributed by atoms with Gasteiger partial charge in [0.25, 0.3) is 0 Å². The summed E-state index contributed by atoms with van der Waals surface area (Å²) in [5, 5.41) is 24.2. The van der Waals surface area contributed by atoms with Crippen molar-refractivity contribution in [1.82, 2.24) is 0 Å². The summed E-state index contributed by atoms with van der Waals surface area (Å²) >= 11 is 0. The first-order chi connectivity index (χ1) is 15.4. The van der Waals surface area contributed by atoms with E-state index in [0.717, 1.165) is 30.4 Å². The molecule has 1 heterocycles. The van der Waals surface area contributed by atoms with Crippen molar-refractivity contribution in [3.8, 4) is 0 Å². The van der Waals surface area contributed by atoms with E-state index in [0.29, 0.717) is 31.3 Å². The quantitative estimate of drug-likeness (QED) is 0.603. The molecule has 2 fully saturated rings. The van der Waals surface area contributed by atoms with Gasteiger partial charge in [0, 0.05) is 23.8 Å². The number of fused-ring (bicyclic) bond motifs is 5. The second-order valence-corrected chi connectivity index (χ2v) is 12.0. The minimum atomic E-state index is -1.24. The predicted octanol–water partition coefficient (Wildman–Crippen LogP) is 4.43. The highest BCUT2D eigenvalue weighted by molar-refractivity contribution is 5.92. The lowest BCUT2D eigenvalue weighted by Gasteiger charge is -2.61. The van der Waals surface area contributed by atoms with Crippen LogP contribution in [0.1, 0.15) is 79.6 Å². The Morgan fingerprint density at radius 3 is 2.55 bits per heavy atom. The van der Waals surface area contributed by atoms with E-state index in [-0.39, 0.29) is 29.5 Å². The number of carbonyl (C=O) groups is 2. The van der Waals surface area contributed by atoms with Gasteiger partial charge in [-0.1, -0.05) is 30.7 Å². The molecule has 4 aliphatic carbocycles. The fraction of sp³-hybridized carbons (Fsp3) is 0.714. The van der Waals surface area contributed by atoms with Crippen molar-refractivity contribution >= 4 is 11.8 Å². The van der Waals surface area contributed by atoms with E-state index in [9.17, 15) is 19.8 Å². The van der Waals surface area contributed by atoms with Crippen molar-refractivity contribution < 1.29 is 24.5 Å². The molecule has 0 aromatic carbocycles. The summed E-state index contributed by atoms with van der Waals surface area (Å²) in [5.41, 5.74) is -0.554. The maximum absolute atomic E-state index is 13.1. The van der Waals surface area contributed by atoms with Crippen LogP contribution in [0.25, 0.3) is 0 Å². The molecule has 5 aliphatic rings. The third-order valence-electron chi connectivity index (χ3n) is 10.8. The van der Waals surface area contributed by atoms with Gasteiger partial charge < -0.3 is 14.9 Å². The highest BCUT2D eigenvalue weighted by Crippen LogP contribution is 2.68. The molecule has 0 bridgehead atoms. The number of cyclic esters (lactones) is 1. The Bertz CT molecular complexity index is 1000. The lowest BCUT2D eigenvalue weighted by Crippen LogP contribution is -2.64. The zero-order valence-corrected chi connectivity index (χ0v) is 20.6. The summed E-state index contributed by atoms with van der Waals surface area (Å²) < 4.78 is 5.72. The van der Waals surface area contributed by atoms with Gasteiger partial charge in [-0.05, 0) is 83.1 Å². The molecule has 5 nitrogen and oxygen atoms in total. The van der Waals surface area contributed by atoms with Crippen LogP contribution < -0.4 is 0 Å². The Hall–Kier alpha value is -1.72. The molecule has 2 unspecified atom stereocenters. The largest absolute Gasteiger partial charge is 0.456 e. The molecule has 2 saturated carbocycles. The van der Waals surface area contributed by atoms with Gasteiger partial charge in [-0.15, -0.1) is 0 Å². The van der Waals surface area contributed by atoms with Crippen LogP contribution in [-0.2, 0) is 14.3 Å². The van der Waals surface area contributed by atoms with Gasteiger partial charge in [-0.25, -0.2) is 4.79 Å². The van der Waals surface area contributed by atoms with Crippen LogP contribution in [0.5, 0.6) is 0 Å². The molecule has 5 rings (SSSR count).